The standard InChI is InChI=1S/C60H44S3Si/c1-59(2)45-25-12-11-23-43(45)54-46(59)31-33-51-57(54)63-56-42(24-16-27-50(56)61-51)39-18-15-17-37(35-39)38-29-30-44-48(36-38)60(3,4)47-32-34-53-58(55(44)47)62-49-26-13-14-28-52(49)64(53,40-19-7-5-8-20-40)41-21-9-6-10-22-41/h5-36H,1-4H3. The minimum atomic E-state index is -2.67. The summed E-state index contributed by atoms with van der Waals surface area (Å²) in [4.78, 5) is 8.25. The average molecular weight is 889 g/mol. The topological polar surface area (TPSA) is 0 Å². The molecule has 0 fully saturated rings. The van der Waals surface area contributed by atoms with Crippen LogP contribution in [0.25, 0.3) is 44.5 Å². The Balaban J connectivity index is 0.924. The third-order valence-corrected chi connectivity index (χ3v) is 23.8. The van der Waals surface area contributed by atoms with Gasteiger partial charge in [-0.05, 0) is 112 Å². The Morgan fingerprint density at radius 2 is 0.906 bits per heavy atom. The highest BCUT2D eigenvalue weighted by Crippen LogP contribution is 2.60. The van der Waals surface area contributed by atoms with Gasteiger partial charge in [-0.25, -0.2) is 0 Å². The fraction of sp³-hybridized carbons (Fsp3) is 0.100. The molecule has 0 aromatic heterocycles. The van der Waals surface area contributed by atoms with Gasteiger partial charge in [-0.1, -0.05) is 227 Å². The quantitative estimate of drug-likeness (QED) is 0.162. The minimum absolute atomic E-state index is 0.0215. The van der Waals surface area contributed by atoms with Crippen LogP contribution in [0.1, 0.15) is 49.9 Å². The lowest BCUT2D eigenvalue weighted by Gasteiger charge is -2.40. The molecule has 0 N–H and O–H groups in total. The van der Waals surface area contributed by atoms with Crippen LogP contribution in [0.4, 0.5) is 0 Å². The zero-order valence-corrected chi connectivity index (χ0v) is 39.6. The predicted molar refractivity (Wildman–Crippen MR) is 275 cm³/mol. The molecule has 0 nitrogen and oxygen atoms in total. The molecule has 0 bridgehead atoms. The summed E-state index contributed by atoms with van der Waals surface area (Å²) in [7, 11) is -2.67. The largest absolute Gasteiger partial charge is 0.181 e. The summed E-state index contributed by atoms with van der Waals surface area (Å²) < 4.78 is 0. The van der Waals surface area contributed by atoms with Gasteiger partial charge in [0.15, 0.2) is 8.07 Å². The zero-order valence-electron chi connectivity index (χ0n) is 36.2. The molecule has 306 valence electrons. The van der Waals surface area contributed by atoms with E-state index in [0.717, 1.165) is 0 Å². The molecule has 4 heteroatoms. The second-order valence-corrected chi connectivity index (χ2v) is 25.6. The van der Waals surface area contributed by atoms with Gasteiger partial charge >= 0.3 is 0 Å². The lowest BCUT2D eigenvalue weighted by Crippen LogP contribution is -2.76. The molecule has 0 saturated heterocycles. The third-order valence-electron chi connectivity index (χ3n) is 14.7. The van der Waals surface area contributed by atoms with Gasteiger partial charge in [-0.15, -0.1) is 0 Å². The van der Waals surface area contributed by atoms with Gasteiger partial charge in [0.2, 0.25) is 0 Å². The number of hydrogen-bond donors (Lipinski definition) is 0. The first kappa shape index (κ1) is 38.7. The number of fused-ring (bicyclic) bond motifs is 12. The predicted octanol–water partition coefficient (Wildman–Crippen LogP) is 14.1. The number of benzene rings is 9. The highest BCUT2D eigenvalue weighted by molar-refractivity contribution is 8.05. The lowest BCUT2D eigenvalue weighted by atomic mass is 9.81. The molecule has 0 amide bonds. The van der Waals surface area contributed by atoms with Crippen LogP contribution in [0, 0.1) is 0 Å². The van der Waals surface area contributed by atoms with Gasteiger partial charge < -0.3 is 0 Å². The lowest BCUT2D eigenvalue weighted by molar-refractivity contribution is 0.659. The molecule has 0 atom stereocenters. The van der Waals surface area contributed by atoms with E-state index in [9.17, 15) is 0 Å². The highest BCUT2D eigenvalue weighted by Gasteiger charge is 2.49. The van der Waals surface area contributed by atoms with Gasteiger partial charge in [0.1, 0.15) is 0 Å². The molecule has 2 heterocycles. The molecule has 4 aliphatic rings. The highest BCUT2D eigenvalue weighted by atomic mass is 32.2. The molecule has 0 saturated carbocycles. The van der Waals surface area contributed by atoms with Crippen molar-refractivity contribution in [3.63, 3.8) is 0 Å². The van der Waals surface area contributed by atoms with Crippen LogP contribution in [0.3, 0.4) is 0 Å². The maximum absolute atomic E-state index is 2.67. The Morgan fingerprint density at radius 1 is 0.328 bits per heavy atom. The Hall–Kier alpha value is -5.75. The van der Waals surface area contributed by atoms with Crippen molar-refractivity contribution in [3.8, 4) is 44.5 Å². The van der Waals surface area contributed by atoms with Crippen molar-refractivity contribution >= 4 is 64.1 Å². The van der Waals surface area contributed by atoms with E-state index >= 15 is 0 Å². The van der Waals surface area contributed by atoms with Crippen molar-refractivity contribution < 1.29 is 0 Å². The van der Waals surface area contributed by atoms with Crippen LogP contribution in [0.15, 0.2) is 223 Å². The fourth-order valence-corrected chi connectivity index (χ4v) is 21.3. The van der Waals surface area contributed by atoms with Crippen LogP contribution in [-0.4, -0.2) is 8.07 Å². The number of rotatable bonds is 4. The van der Waals surface area contributed by atoms with E-state index in [1.165, 1.54) is 117 Å². The van der Waals surface area contributed by atoms with Crippen molar-refractivity contribution in [1.29, 1.82) is 0 Å². The Kier molecular flexibility index (Phi) is 8.54. The summed E-state index contributed by atoms with van der Waals surface area (Å²) in [6.45, 7) is 9.63. The summed E-state index contributed by atoms with van der Waals surface area (Å²) in [6.07, 6.45) is 0. The summed E-state index contributed by atoms with van der Waals surface area (Å²) in [5, 5.41) is 5.84. The fourth-order valence-electron chi connectivity index (χ4n) is 11.6. The first-order valence-electron chi connectivity index (χ1n) is 22.3. The molecule has 9 aromatic carbocycles. The van der Waals surface area contributed by atoms with E-state index in [-0.39, 0.29) is 10.8 Å². The smallest absolute Gasteiger partial charge is 0.0896 e. The van der Waals surface area contributed by atoms with Crippen LogP contribution < -0.4 is 20.7 Å². The van der Waals surface area contributed by atoms with E-state index in [1.54, 1.807) is 0 Å². The van der Waals surface area contributed by atoms with Gasteiger partial charge in [0, 0.05) is 45.8 Å². The van der Waals surface area contributed by atoms with Crippen molar-refractivity contribution in [2.45, 2.75) is 67.9 Å². The second kappa shape index (κ2) is 14.1. The third kappa shape index (κ3) is 5.34. The second-order valence-electron chi connectivity index (χ2n) is 18.7. The molecule has 9 aromatic rings. The summed E-state index contributed by atoms with van der Waals surface area (Å²) in [6, 6.07) is 74.3. The zero-order chi connectivity index (χ0) is 43.0. The van der Waals surface area contributed by atoms with E-state index < -0.39 is 8.07 Å². The van der Waals surface area contributed by atoms with Crippen molar-refractivity contribution in [3.05, 3.63) is 216 Å². The van der Waals surface area contributed by atoms with E-state index in [4.69, 9.17) is 0 Å². The summed E-state index contributed by atoms with van der Waals surface area (Å²) in [5.74, 6) is 0. The average Bonchev–Trinajstić information content (AvgIpc) is 3.72. The monoisotopic (exact) mass is 888 g/mol. The molecule has 64 heavy (non-hydrogen) atoms. The van der Waals surface area contributed by atoms with Crippen molar-refractivity contribution in [2.24, 2.45) is 0 Å². The van der Waals surface area contributed by atoms with E-state index in [2.05, 4.69) is 222 Å². The normalized spacial score (nSPS) is 16.0. The summed E-state index contributed by atoms with van der Waals surface area (Å²) in [5.41, 5.74) is 16.2. The first-order chi connectivity index (χ1) is 31.2. The summed E-state index contributed by atoms with van der Waals surface area (Å²) >= 11 is 5.88. The SMILES string of the molecule is CC1(C)c2ccccc2-c2c1ccc1c2Sc2c(cccc2-c2cccc(-c3ccc4c(c3)C(C)(C)c3ccc5c(c3-4)Sc3ccccc3[Si]5(c3ccccc3)c3ccccc3)c2)S1. The molecular weight excluding hydrogens is 845 g/mol. The maximum atomic E-state index is 2.52. The Morgan fingerprint density at radius 3 is 1.70 bits per heavy atom. The van der Waals surface area contributed by atoms with Gasteiger partial charge in [-0.3, -0.25) is 0 Å². The Labute approximate surface area is 390 Å². The molecule has 0 radical (unpaired) electrons. The van der Waals surface area contributed by atoms with Crippen molar-refractivity contribution in [2.75, 3.05) is 0 Å². The molecule has 13 rings (SSSR count). The molecule has 0 spiro atoms. The van der Waals surface area contributed by atoms with Crippen LogP contribution in [0.5, 0.6) is 0 Å². The number of hydrogen-bond acceptors (Lipinski definition) is 3. The van der Waals surface area contributed by atoms with E-state index in [0.29, 0.717) is 0 Å². The van der Waals surface area contributed by atoms with Gasteiger partial charge in [0.25, 0.3) is 0 Å². The molecule has 0 unspecified atom stereocenters. The van der Waals surface area contributed by atoms with Crippen LogP contribution >= 0.6 is 35.3 Å². The molecule has 2 aliphatic carbocycles. The molecular formula is C60H44S3Si. The van der Waals surface area contributed by atoms with Crippen molar-refractivity contribution in [1.82, 2.24) is 0 Å². The Bertz CT molecular complexity index is 3380. The van der Waals surface area contributed by atoms with Crippen LogP contribution in [-0.2, 0) is 10.8 Å². The first-order valence-corrected chi connectivity index (χ1v) is 26.8. The van der Waals surface area contributed by atoms with Crippen LogP contribution in [0.2, 0.25) is 0 Å². The molecule has 2 aliphatic heterocycles. The van der Waals surface area contributed by atoms with E-state index in [1.807, 2.05) is 35.3 Å². The van der Waals surface area contributed by atoms with Gasteiger partial charge in [0.05, 0.1) is 0 Å². The minimum Gasteiger partial charge on any atom is -0.0896 e. The maximum Gasteiger partial charge on any atom is 0.181 e. The van der Waals surface area contributed by atoms with Gasteiger partial charge in [-0.2, -0.15) is 0 Å².